The van der Waals surface area contributed by atoms with Crippen LogP contribution in [-0.4, -0.2) is 87.5 Å². The number of hydrogen-bond acceptors (Lipinski definition) is 8. The monoisotopic (exact) mass is 682 g/mol. The molecule has 0 aromatic heterocycles. The molecule has 0 aliphatic carbocycles. The number of allylic oxidation sites excluding steroid dienone is 5. The van der Waals surface area contributed by atoms with Crippen molar-refractivity contribution in [3.8, 4) is 0 Å². The summed E-state index contributed by atoms with van der Waals surface area (Å²) in [4.78, 5) is 12.8. The summed E-state index contributed by atoms with van der Waals surface area (Å²) in [5, 5.41) is 53.8. The van der Waals surface area contributed by atoms with Crippen molar-refractivity contribution in [2.75, 3.05) is 13.2 Å². The van der Waals surface area contributed by atoms with E-state index in [1.807, 2.05) is 6.08 Å². The molecule has 0 spiro atoms. The van der Waals surface area contributed by atoms with Gasteiger partial charge < -0.3 is 40.3 Å². The van der Waals surface area contributed by atoms with Gasteiger partial charge in [-0.1, -0.05) is 127 Å². The fourth-order valence-corrected chi connectivity index (χ4v) is 5.76. The number of aliphatic hydroxyl groups is 5. The number of carbonyl (C=O) groups excluding carboxylic acids is 1. The maximum absolute atomic E-state index is 12.8. The van der Waals surface area contributed by atoms with Gasteiger partial charge in [0.2, 0.25) is 5.91 Å². The van der Waals surface area contributed by atoms with Crippen molar-refractivity contribution in [2.45, 2.75) is 192 Å². The van der Waals surface area contributed by atoms with Crippen LogP contribution in [0.5, 0.6) is 0 Å². The standard InChI is InChI=1S/C39H71NO8/c1-3-5-7-9-11-13-14-15-16-17-18-19-21-22-24-26-28-33(42)32(31-47-39-38(46)37(45)36(44)34(30-41)48-39)40-35(43)29-27-25-23-20-12-10-8-6-4-2/h19-21,23,26,28,32-34,36-39,41-42,44-46H,3-18,22,24-25,27,29-31H2,1-2H3,(H,40,43)/b21-19+,23-20-,28-26+. The van der Waals surface area contributed by atoms with Crippen LogP contribution in [0.15, 0.2) is 36.5 Å². The van der Waals surface area contributed by atoms with Gasteiger partial charge in [0.25, 0.3) is 0 Å². The van der Waals surface area contributed by atoms with E-state index in [1.54, 1.807) is 6.08 Å². The molecule has 1 amide bonds. The van der Waals surface area contributed by atoms with E-state index in [9.17, 15) is 30.3 Å². The van der Waals surface area contributed by atoms with Gasteiger partial charge in [-0.25, -0.2) is 0 Å². The van der Waals surface area contributed by atoms with Crippen LogP contribution in [-0.2, 0) is 14.3 Å². The van der Waals surface area contributed by atoms with Crippen LogP contribution in [0.1, 0.15) is 149 Å². The second kappa shape index (κ2) is 30.3. The summed E-state index contributed by atoms with van der Waals surface area (Å²) < 4.78 is 11.1. The second-order valence-electron chi connectivity index (χ2n) is 13.4. The molecule has 6 N–H and O–H groups in total. The quantitative estimate of drug-likeness (QED) is 0.0370. The van der Waals surface area contributed by atoms with Crippen molar-refractivity contribution in [1.29, 1.82) is 0 Å². The first-order chi connectivity index (χ1) is 23.3. The van der Waals surface area contributed by atoms with E-state index in [2.05, 4.69) is 43.5 Å². The van der Waals surface area contributed by atoms with Crippen molar-refractivity contribution in [3.63, 3.8) is 0 Å². The van der Waals surface area contributed by atoms with Crippen LogP contribution in [0.3, 0.4) is 0 Å². The van der Waals surface area contributed by atoms with Gasteiger partial charge in [-0.2, -0.15) is 0 Å². The highest BCUT2D eigenvalue weighted by Gasteiger charge is 2.44. The van der Waals surface area contributed by atoms with Gasteiger partial charge in [0.15, 0.2) is 6.29 Å². The Morgan fingerprint density at radius 2 is 1.19 bits per heavy atom. The summed E-state index contributed by atoms with van der Waals surface area (Å²) in [5.74, 6) is -0.226. The third-order valence-electron chi connectivity index (χ3n) is 8.94. The zero-order valence-corrected chi connectivity index (χ0v) is 30.2. The lowest BCUT2D eigenvalue weighted by Gasteiger charge is -2.40. The highest BCUT2D eigenvalue weighted by Crippen LogP contribution is 2.22. The number of ether oxygens (including phenoxy) is 2. The first-order valence-electron chi connectivity index (χ1n) is 19.2. The zero-order chi connectivity index (χ0) is 35.2. The minimum Gasteiger partial charge on any atom is -0.394 e. The minimum absolute atomic E-state index is 0.212. The summed E-state index contributed by atoms with van der Waals surface area (Å²) in [6, 6.07) is -0.831. The van der Waals surface area contributed by atoms with E-state index in [0.717, 1.165) is 32.1 Å². The molecule has 0 aromatic rings. The summed E-state index contributed by atoms with van der Waals surface area (Å²) in [6.07, 6.45) is 27.8. The van der Waals surface area contributed by atoms with Crippen molar-refractivity contribution >= 4 is 5.91 Å². The van der Waals surface area contributed by atoms with Crippen molar-refractivity contribution in [2.24, 2.45) is 0 Å². The number of carbonyl (C=O) groups is 1. The Morgan fingerprint density at radius 1 is 0.688 bits per heavy atom. The first kappa shape index (κ1) is 44.4. The average molecular weight is 682 g/mol. The summed E-state index contributed by atoms with van der Waals surface area (Å²) in [5.41, 5.74) is 0. The van der Waals surface area contributed by atoms with Crippen molar-refractivity contribution in [3.05, 3.63) is 36.5 Å². The molecule has 1 saturated heterocycles. The molecule has 280 valence electrons. The SMILES string of the molecule is CCCCCC/C=C\CCCC(=O)NC(COC1OC(CO)C(O)C(O)C1O)C(O)/C=C/CC/C=C/CCCCCCCCCCCC. The molecule has 9 heteroatoms. The number of hydrogen-bond donors (Lipinski definition) is 6. The van der Waals surface area contributed by atoms with Crippen LogP contribution in [0.2, 0.25) is 0 Å². The van der Waals surface area contributed by atoms with Gasteiger partial charge in [-0.15, -0.1) is 0 Å². The van der Waals surface area contributed by atoms with Gasteiger partial charge in [0.05, 0.1) is 25.4 Å². The lowest BCUT2D eigenvalue weighted by Crippen LogP contribution is -2.60. The molecule has 1 aliphatic rings. The van der Waals surface area contributed by atoms with E-state index in [1.165, 1.54) is 89.9 Å². The fourth-order valence-electron chi connectivity index (χ4n) is 5.76. The Bertz CT molecular complexity index is 848. The van der Waals surface area contributed by atoms with Gasteiger partial charge in [-0.3, -0.25) is 4.79 Å². The number of nitrogens with one attached hydrogen (secondary N) is 1. The molecule has 7 atom stereocenters. The average Bonchev–Trinajstić information content (AvgIpc) is 3.08. The highest BCUT2D eigenvalue weighted by molar-refractivity contribution is 5.76. The van der Waals surface area contributed by atoms with Crippen molar-refractivity contribution < 1.29 is 39.8 Å². The molecular formula is C39H71NO8. The van der Waals surface area contributed by atoms with E-state index in [-0.39, 0.29) is 18.9 Å². The third-order valence-corrected chi connectivity index (χ3v) is 8.94. The van der Waals surface area contributed by atoms with Crippen LogP contribution < -0.4 is 5.32 Å². The summed E-state index contributed by atoms with van der Waals surface area (Å²) >= 11 is 0. The van der Waals surface area contributed by atoms with Gasteiger partial charge in [0, 0.05) is 6.42 Å². The van der Waals surface area contributed by atoms with Crippen LogP contribution in [0, 0.1) is 0 Å². The predicted molar refractivity (Wildman–Crippen MR) is 193 cm³/mol. The largest absolute Gasteiger partial charge is 0.394 e. The van der Waals surface area contributed by atoms with Gasteiger partial charge >= 0.3 is 0 Å². The van der Waals surface area contributed by atoms with Gasteiger partial charge in [0.1, 0.15) is 24.4 Å². The minimum atomic E-state index is -1.57. The number of rotatable bonds is 30. The highest BCUT2D eigenvalue weighted by atomic mass is 16.7. The predicted octanol–water partition coefficient (Wildman–Crippen LogP) is 6.55. The molecule has 0 saturated carbocycles. The Labute approximate surface area is 291 Å². The molecule has 48 heavy (non-hydrogen) atoms. The lowest BCUT2D eigenvalue weighted by molar-refractivity contribution is -0.302. The molecule has 1 rings (SSSR count). The Hall–Kier alpha value is -1.59. The van der Waals surface area contributed by atoms with E-state index in [4.69, 9.17) is 9.47 Å². The molecule has 9 nitrogen and oxygen atoms in total. The normalized spacial score (nSPS) is 23.0. The Morgan fingerprint density at radius 3 is 1.77 bits per heavy atom. The van der Waals surface area contributed by atoms with Crippen LogP contribution >= 0.6 is 0 Å². The van der Waals surface area contributed by atoms with Crippen LogP contribution in [0.25, 0.3) is 0 Å². The molecule has 0 radical (unpaired) electrons. The Kier molecular flexibility index (Phi) is 28.0. The molecular weight excluding hydrogens is 610 g/mol. The van der Waals surface area contributed by atoms with E-state index in [0.29, 0.717) is 6.42 Å². The maximum Gasteiger partial charge on any atom is 0.220 e. The molecule has 7 unspecified atom stereocenters. The lowest BCUT2D eigenvalue weighted by atomic mass is 9.99. The molecule has 1 heterocycles. The number of amides is 1. The fraction of sp³-hybridized carbons (Fsp3) is 0.821. The number of unbranched alkanes of at least 4 members (excludes halogenated alkanes) is 16. The third kappa shape index (κ3) is 21.5. The molecule has 0 aromatic carbocycles. The number of aliphatic hydroxyl groups excluding tert-OH is 5. The summed E-state index contributed by atoms with van der Waals surface area (Å²) in [7, 11) is 0. The second-order valence-corrected chi connectivity index (χ2v) is 13.4. The smallest absolute Gasteiger partial charge is 0.220 e. The van der Waals surface area contributed by atoms with Gasteiger partial charge in [-0.05, 0) is 51.4 Å². The first-order valence-corrected chi connectivity index (χ1v) is 19.2. The molecule has 1 fully saturated rings. The van der Waals surface area contributed by atoms with E-state index >= 15 is 0 Å². The maximum atomic E-state index is 12.8. The van der Waals surface area contributed by atoms with E-state index < -0.39 is 49.5 Å². The van der Waals surface area contributed by atoms with Crippen LogP contribution in [0.4, 0.5) is 0 Å². The zero-order valence-electron chi connectivity index (χ0n) is 30.2. The summed E-state index contributed by atoms with van der Waals surface area (Å²) in [6.45, 7) is 3.67. The molecule has 1 aliphatic heterocycles. The Balaban J connectivity index is 2.49. The molecule has 0 bridgehead atoms. The topological polar surface area (TPSA) is 149 Å². The van der Waals surface area contributed by atoms with Crippen molar-refractivity contribution in [1.82, 2.24) is 5.32 Å².